The quantitative estimate of drug-likeness (QED) is 0.732. The van der Waals surface area contributed by atoms with Crippen molar-refractivity contribution in [3.63, 3.8) is 0 Å². The van der Waals surface area contributed by atoms with Gasteiger partial charge in [-0.2, -0.15) is 0 Å². The van der Waals surface area contributed by atoms with Crippen LogP contribution in [-0.4, -0.2) is 26.7 Å². The van der Waals surface area contributed by atoms with Crippen LogP contribution in [0.25, 0.3) is 6.08 Å². The molecule has 1 aliphatic heterocycles. The highest BCUT2D eigenvalue weighted by atomic mass is 32.2. The van der Waals surface area contributed by atoms with Gasteiger partial charge in [0.25, 0.3) is 10.0 Å². The van der Waals surface area contributed by atoms with Crippen LogP contribution in [0.2, 0.25) is 0 Å². The van der Waals surface area contributed by atoms with Crippen molar-refractivity contribution in [2.24, 2.45) is 4.99 Å². The van der Waals surface area contributed by atoms with E-state index in [0.717, 1.165) is 30.4 Å². The number of hydrogen-bond acceptors (Lipinski definition) is 4. The van der Waals surface area contributed by atoms with Crippen molar-refractivity contribution in [2.45, 2.75) is 37.5 Å². The van der Waals surface area contributed by atoms with Crippen LogP contribution in [0, 0.1) is 6.92 Å². The third kappa shape index (κ3) is 6.29. The lowest BCUT2D eigenvalue weighted by molar-refractivity contribution is -0.111. The van der Waals surface area contributed by atoms with E-state index in [1.165, 1.54) is 18.2 Å². The first-order valence-corrected chi connectivity index (χ1v) is 11.1. The minimum Gasteiger partial charge on any atom is -0.323 e. The second-order valence-electron chi connectivity index (χ2n) is 7.01. The smallest absolute Gasteiger partial charge is 0.262 e. The zero-order chi connectivity index (χ0) is 20.7. The summed E-state index contributed by atoms with van der Waals surface area (Å²) in [6.45, 7) is 2.64. The number of aryl methyl sites for hydroxylation is 1. The first-order chi connectivity index (χ1) is 13.9. The summed E-state index contributed by atoms with van der Waals surface area (Å²) in [5, 5.41) is 2.73. The van der Waals surface area contributed by atoms with Gasteiger partial charge < -0.3 is 5.32 Å². The zero-order valence-electron chi connectivity index (χ0n) is 16.4. The Morgan fingerprint density at radius 3 is 2.62 bits per heavy atom. The number of carbonyl (C=O) groups excluding carboxylic acids is 1. The Labute approximate surface area is 171 Å². The van der Waals surface area contributed by atoms with Crippen molar-refractivity contribution in [1.82, 2.24) is 4.72 Å². The fourth-order valence-corrected chi connectivity index (χ4v) is 4.11. The van der Waals surface area contributed by atoms with Gasteiger partial charge in [-0.15, -0.1) is 0 Å². The molecule has 2 aromatic carbocycles. The molecule has 3 rings (SSSR count). The summed E-state index contributed by atoms with van der Waals surface area (Å²) in [5.74, 6) is 0.231. The van der Waals surface area contributed by atoms with Gasteiger partial charge >= 0.3 is 0 Å². The van der Waals surface area contributed by atoms with E-state index in [1.54, 1.807) is 18.2 Å². The van der Waals surface area contributed by atoms with Crippen LogP contribution < -0.4 is 10.0 Å². The molecule has 1 heterocycles. The number of anilines is 1. The predicted octanol–water partition coefficient (Wildman–Crippen LogP) is 3.90. The van der Waals surface area contributed by atoms with Gasteiger partial charge in [0.05, 0.1) is 4.90 Å². The number of sulfonamides is 1. The van der Waals surface area contributed by atoms with E-state index >= 15 is 0 Å². The summed E-state index contributed by atoms with van der Waals surface area (Å²) in [7, 11) is -3.68. The maximum atomic E-state index is 12.5. The van der Waals surface area contributed by atoms with E-state index in [2.05, 4.69) is 15.0 Å². The minimum absolute atomic E-state index is 0.137. The lowest BCUT2D eigenvalue weighted by atomic mass is 10.1. The SMILES string of the molecule is Cc1cccc(/C=C/C(=O)Nc2ccc(S(=O)(=O)NC3=NCCCCC3)cc2)c1. The molecule has 0 saturated heterocycles. The second kappa shape index (κ2) is 9.52. The molecule has 0 aliphatic carbocycles. The number of hydrogen-bond donors (Lipinski definition) is 2. The molecular formula is C22H25N3O3S. The highest BCUT2D eigenvalue weighted by Crippen LogP contribution is 2.16. The number of carbonyl (C=O) groups is 1. The monoisotopic (exact) mass is 411 g/mol. The van der Waals surface area contributed by atoms with Crippen LogP contribution in [0.4, 0.5) is 5.69 Å². The number of amidine groups is 1. The fourth-order valence-electron chi connectivity index (χ4n) is 3.02. The summed E-state index contributed by atoms with van der Waals surface area (Å²) in [6.07, 6.45) is 6.80. The van der Waals surface area contributed by atoms with Gasteiger partial charge in [0, 0.05) is 24.7 Å². The molecular weight excluding hydrogens is 386 g/mol. The summed E-state index contributed by atoms with van der Waals surface area (Å²) >= 11 is 0. The Balaban J connectivity index is 1.61. The van der Waals surface area contributed by atoms with Crippen LogP contribution >= 0.6 is 0 Å². The van der Waals surface area contributed by atoms with Gasteiger partial charge in [0.15, 0.2) is 0 Å². The Kier molecular flexibility index (Phi) is 6.82. The molecule has 29 heavy (non-hydrogen) atoms. The first-order valence-electron chi connectivity index (χ1n) is 9.64. The summed E-state index contributed by atoms with van der Waals surface area (Å²) in [6, 6.07) is 13.9. The van der Waals surface area contributed by atoms with Gasteiger partial charge in [-0.1, -0.05) is 36.2 Å². The third-order valence-electron chi connectivity index (χ3n) is 4.53. The highest BCUT2D eigenvalue weighted by Gasteiger charge is 2.17. The summed E-state index contributed by atoms with van der Waals surface area (Å²) in [5.41, 5.74) is 2.58. The van der Waals surface area contributed by atoms with Crippen LogP contribution in [-0.2, 0) is 14.8 Å². The molecule has 1 aliphatic rings. The molecule has 0 spiro atoms. The Hall–Kier alpha value is -2.93. The van der Waals surface area contributed by atoms with E-state index in [0.29, 0.717) is 24.5 Å². The number of amides is 1. The van der Waals surface area contributed by atoms with Crippen LogP contribution in [0.15, 0.2) is 64.5 Å². The van der Waals surface area contributed by atoms with Gasteiger partial charge in [-0.05, 0) is 55.7 Å². The van der Waals surface area contributed by atoms with Gasteiger partial charge in [-0.25, -0.2) is 8.42 Å². The molecule has 0 radical (unpaired) electrons. The first kappa shape index (κ1) is 20.8. The van der Waals surface area contributed by atoms with Gasteiger partial charge in [0.1, 0.15) is 5.84 Å². The Morgan fingerprint density at radius 1 is 1.07 bits per heavy atom. The molecule has 0 atom stereocenters. The molecule has 2 aromatic rings. The summed E-state index contributed by atoms with van der Waals surface area (Å²) in [4.78, 5) is 16.5. The standard InChI is InChI=1S/C22H25N3O3S/c1-17-6-5-7-18(16-17)9-14-22(26)24-19-10-12-20(13-11-19)29(27,28)25-21-8-3-2-4-15-23-21/h5-7,9-14,16H,2-4,8,15H2,1H3,(H,23,25)(H,24,26)/b14-9+. The van der Waals surface area contributed by atoms with E-state index < -0.39 is 10.0 Å². The second-order valence-corrected chi connectivity index (χ2v) is 8.69. The van der Waals surface area contributed by atoms with Crippen LogP contribution in [0.5, 0.6) is 0 Å². The van der Waals surface area contributed by atoms with Crippen molar-refractivity contribution in [2.75, 3.05) is 11.9 Å². The molecule has 0 saturated carbocycles. The number of nitrogens with zero attached hydrogens (tertiary/aromatic N) is 1. The molecule has 7 heteroatoms. The lowest BCUT2D eigenvalue weighted by Gasteiger charge is -2.10. The lowest BCUT2D eigenvalue weighted by Crippen LogP contribution is -2.30. The molecule has 0 fully saturated rings. The number of aliphatic imine (C=N–C) groups is 1. The molecule has 0 bridgehead atoms. The topological polar surface area (TPSA) is 87.6 Å². The van der Waals surface area contributed by atoms with E-state index in [4.69, 9.17) is 0 Å². The third-order valence-corrected chi connectivity index (χ3v) is 5.93. The minimum atomic E-state index is -3.68. The normalized spacial score (nSPS) is 14.9. The van der Waals surface area contributed by atoms with E-state index in [-0.39, 0.29) is 10.8 Å². The van der Waals surface area contributed by atoms with Gasteiger partial charge in [0.2, 0.25) is 5.91 Å². The maximum Gasteiger partial charge on any atom is 0.262 e. The number of rotatable bonds is 5. The fraction of sp³-hybridized carbons (Fsp3) is 0.273. The Bertz CT molecular complexity index is 1030. The maximum absolute atomic E-state index is 12.5. The van der Waals surface area contributed by atoms with Gasteiger partial charge in [-0.3, -0.25) is 14.5 Å². The predicted molar refractivity (Wildman–Crippen MR) is 116 cm³/mol. The van der Waals surface area contributed by atoms with E-state index in [9.17, 15) is 13.2 Å². The van der Waals surface area contributed by atoms with Crippen molar-refractivity contribution in [1.29, 1.82) is 0 Å². The highest BCUT2D eigenvalue weighted by molar-refractivity contribution is 7.90. The molecule has 6 nitrogen and oxygen atoms in total. The van der Waals surface area contributed by atoms with Crippen molar-refractivity contribution < 1.29 is 13.2 Å². The van der Waals surface area contributed by atoms with Crippen molar-refractivity contribution in [3.05, 3.63) is 65.7 Å². The van der Waals surface area contributed by atoms with Crippen LogP contribution in [0.3, 0.4) is 0 Å². The average molecular weight is 412 g/mol. The van der Waals surface area contributed by atoms with Crippen molar-refractivity contribution >= 4 is 33.5 Å². The average Bonchev–Trinajstić information content (AvgIpc) is 2.95. The molecule has 152 valence electrons. The summed E-state index contributed by atoms with van der Waals surface area (Å²) < 4.78 is 27.7. The largest absolute Gasteiger partial charge is 0.323 e. The van der Waals surface area contributed by atoms with Crippen molar-refractivity contribution in [3.8, 4) is 0 Å². The Morgan fingerprint density at radius 2 is 1.86 bits per heavy atom. The number of benzene rings is 2. The molecule has 1 amide bonds. The molecule has 0 aromatic heterocycles. The van der Waals surface area contributed by atoms with Crippen LogP contribution in [0.1, 0.15) is 36.8 Å². The number of nitrogens with one attached hydrogen (secondary N) is 2. The van der Waals surface area contributed by atoms with E-state index in [1.807, 2.05) is 31.2 Å². The molecule has 2 N–H and O–H groups in total. The molecule has 0 unspecified atom stereocenters. The zero-order valence-corrected chi connectivity index (χ0v) is 17.2.